The summed E-state index contributed by atoms with van der Waals surface area (Å²) in [5.74, 6) is 0.231. The van der Waals surface area contributed by atoms with E-state index in [1.54, 1.807) is 19.1 Å². The summed E-state index contributed by atoms with van der Waals surface area (Å²) in [5, 5.41) is 2.67. The SMILES string of the molecule is Cc1ccc(C)c(S(=O)(=O)NCCC(=O)Nc2cnc(-c3ccccc3)nc2)c1. The number of hydrogen-bond acceptors (Lipinski definition) is 5. The second kappa shape index (κ2) is 8.93. The highest BCUT2D eigenvalue weighted by molar-refractivity contribution is 7.89. The van der Waals surface area contributed by atoms with Gasteiger partial charge in [0.15, 0.2) is 5.82 Å². The van der Waals surface area contributed by atoms with Crippen LogP contribution in [0.1, 0.15) is 17.5 Å². The fourth-order valence-corrected chi connectivity index (χ4v) is 4.09. The average molecular weight is 410 g/mol. The molecule has 0 spiro atoms. The van der Waals surface area contributed by atoms with Crippen molar-refractivity contribution in [1.29, 1.82) is 0 Å². The molecule has 0 fully saturated rings. The molecule has 0 saturated carbocycles. The lowest BCUT2D eigenvalue weighted by Gasteiger charge is -2.10. The van der Waals surface area contributed by atoms with E-state index in [-0.39, 0.29) is 23.8 Å². The Hall–Kier alpha value is -3.10. The second-order valence-corrected chi connectivity index (χ2v) is 8.36. The highest BCUT2D eigenvalue weighted by Crippen LogP contribution is 2.17. The maximum Gasteiger partial charge on any atom is 0.240 e. The van der Waals surface area contributed by atoms with Crippen molar-refractivity contribution >= 4 is 21.6 Å². The molecule has 7 nitrogen and oxygen atoms in total. The molecule has 150 valence electrons. The van der Waals surface area contributed by atoms with Crippen molar-refractivity contribution in [1.82, 2.24) is 14.7 Å². The summed E-state index contributed by atoms with van der Waals surface area (Å²) in [6.45, 7) is 3.56. The van der Waals surface area contributed by atoms with Crippen molar-refractivity contribution < 1.29 is 13.2 Å². The molecule has 1 amide bonds. The van der Waals surface area contributed by atoms with Gasteiger partial charge >= 0.3 is 0 Å². The van der Waals surface area contributed by atoms with E-state index in [1.807, 2.05) is 43.3 Å². The average Bonchev–Trinajstić information content (AvgIpc) is 2.71. The van der Waals surface area contributed by atoms with Crippen molar-refractivity contribution in [3.63, 3.8) is 0 Å². The maximum absolute atomic E-state index is 12.5. The van der Waals surface area contributed by atoms with Gasteiger partial charge in [-0.3, -0.25) is 4.79 Å². The van der Waals surface area contributed by atoms with Crippen LogP contribution in [-0.4, -0.2) is 30.8 Å². The van der Waals surface area contributed by atoms with E-state index in [0.29, 0.717) is 17.1 Å². The minimum absolute atomic E-state index is 0.00939. The summed E-state index contributed by atoms with van der Waals surface area (Å²) in [6.07, 6.45) is 3.03. The first-order chi connectivity index (χ1) is 13.8. The van der Waals surface area contributed by atoms with E-state index in [9.17, 15) is 13.2 Å². The van der Waals surface area contributed by atoms with Crippen LogP contribution in [0.2, 0.25) is 0 Å². The van der Waals surface area contributed by atoms with Gasteiger partial charge in [-0.2, -0.15) is 0 Å². The molecule has 0 aliphatic heterocycles. The van der Waals surface area contributed by atoms with Crippen LogP contribution in [0, 0.1) is 13.8 Å². The summed E-state index contributed by atoms with van der Waals surface area (Å²) < 4.78 is 27.4. The first-order valence-corrected chi connectivity index (χ1v) is 10.6. The quantitative estimate of drug-likeness (QED) is 0.623. The van der Waals surface area contributed by atoms with Gasteiger partial charge in [0.05, 0.1) is 23.0 Å². The number of nitrogens with zero attached hydrogens (tertiary/aromatic N) is 2. The molecule has 2 aromatic carbocycles. The molecule has 1 heterocycles. The van der Waals surface area contributed by atoms with Crippen LogP contribution in [-0.2, 0) is 14.8 Å². The van der Waals surface area contributed by atoms with Crippen molar-refractivity contribution in [3.8, 4) is 11.4 Å². The molecular formula is C21H22N4O3S. The Kier molecular flexibility index (Phi) is 6.36. The van der Waals surface area contributed by atoms with Gasteiger partial charge in [0.2, 0.25) is 15.9 Å². The topological polar surface area (TPSA) is 101 Å². The van der Waals surface area contributed by atoms with Crippen LogP contribution in [0.15, 0.2) is 65.8 Å². The first-order valence-electron chi connectivity index (χ1n) is 9.09. The summed E-state index contributed by atoms with van der Waals surface area (Å²) in [7, 11) is -3.67. The third kappa shape index (κ3) is 5.46. The van der Waals surface area contributed by atoms with Crippen molar-refractivity contribution in [2.24, 2.45) is 0 Å². The predicted octanol–water partition coefficient (Wildman–Crippen LogP) is 3.07. The van der Waals surface area contributed by atoms with Gasteiger partial charge < -0.3 is 5.32 Å². The molecule has 0 unspecified atom stereocenters. The van der Waals surface area contributed by atoms with Crippen LogP contribution < -0.4 is 10.0 Å². The maximum atomic E-state index is 12.5. The zero-order valence-corrected chi connectivity index (χ0v) is 17.0. The molecule has 1 aromatic heterocycles. The lowest BCUT2D eigenvalue weighted by Crippen LogP contribution is -2.28. The number of carbonyl (C=O) groups is 1. The highest BCUT2D eigenvalue weighted by Gasteiger charge is 2.17. The largest absolute Gasteiger partial charge is 0.323 e. The van der Waals surface area contributed by atoms with Gasteiger partial charge in [0.1, 0.15) is 0 Å². The predicted molar refractivity (Wildman–Crippen MR) is 112 cm³/mol. The lowest BCUT2D eigenvalue weighted by atomic mass is 10.2. The zero-order chi connectivity index (χ0) is 20.9. The molecule has 0 radical (unpaired) electrons. The number of aromatic nitrogens is 2. The van der Waals surface area contributed by atoms with E-state index < -0.39 is 10.0 Å². The van der Waals surface area contributed by atoms with Crippen LogP contribution in [0.5, 0.6) is 0 Å². The fourth-order valence-electron chi connectivity index (χ4n) is 2.73. The van der Waals surface area contributed by atoms with Crippen molar-refractivity contribution in [2.75, 3.05) is 11.9 Å². The van der Waals surface area contributed by atoms with Gasteiger partial charge in [-0.25, -0.2) is 23.1 Å². The lowest BCUT2D eigenvalue weighted by molar-refractivity contribution is -0.116. The normalized spacial score (nSPS) is 11.2. The third-order valence-corrected chi connectivity index (χ3v) is 5.85. The number of benzene rings is 2. The summed E-state index contributed by atoms with van der Waals surface area (Å²) in [4.78, 5) is 20.8. The van der Waals surface area contributed by atoms with Gasteiger partial charge in [0, 0.05) is 18.5 Å². The minimum Gasteiger partial charge on any atom is -0.323 e. The molecule has 2 N–H and O–H groups in total. The van der Waals surface area contributed by atoms with E-state index in [4.69, 9.17) is 0 Å². The highest BCUT2D eigenvalue weighted by atomic mass is 32.2. The first kappa shape index (κ1) is 20.6. The van der Waals surface area contributed by atoms with Gasteiger partial charge in [-0.05, 0) is 31.0 Å². The third-order valence-electron chi connectivity index (χ3n) is 4.24. The number of rotatable bonds is 7. The Morgan fingerprint density at radius 2 is 1.69 bits per heavy atom. The molecule has 29 heavy (non-hydrogen) atoms. The summed E-state index contributed by atoms with van der Waals surface area (Å²) in [5.41, 5.74) is 2.84. The molecular weight excluding hydrogens is 388 g/mol. The Morgan fingerprint density at radius 1 is 1.00 bits per heavy atom. The standard InChI is InChI=1S/C21H22N4O3S/c1-15-8-9-16(2)19(12-15)29(27,28)24-11-10-20(26)25-18-13-22-21(23-14-18)17-6-4-3-5-7-17/h3-9,12-14,24H,10-11H2,1-2H3,(H,25,26). The van der Waals surface area contributed by atoms with Crippen LogP contribution in [0.3, 0.4) is 0 Å². The Bertz CT molecular complexity index is 1100. The summed E-state index contributed by atoms with van der Waals surface area (Å²) >= 11 is 0. The van der Waals surface area contributed by atoms with E-state index in [2.05, 4.69) is 20.0 Å². The molecule has 0 aliphatic carbocycles. The molecule has 3 aromatic rings. The van der Waals surface area contributed by atoms with E-state index >= 15 is 0 Å². The Morgan fingerprint density at radius 3 is 2.38 bits per heavy atom. The molecule has 8 heteroatoms. The molecule has 3 rings (SSSR count). The Labute approximate surface area is 170 Å². The minimum atomic E-state index is -3.67. The zero-order valence-electron chi connectivity index (χ0n) is 16.2. The summed E-state index contributed by atoms with van der Waals surface area (Å²) in [6, 6.07) is 14.7. The van der Waals surface area contributed by atoms with Gasteiger partial charge in [-0.15, -0.1) is 0 Å². The van der Waals surface area contributed by atoms with Crippen LogP contribution in [0.25, 0.3) is 11.4 Å². The molecule has 0 atom stereocenters. The van der Waals surface area contributed by atoms with Gasteiger partial charge in [0.25, 0.3) is 0 Å². The van der Waals surface area contributed by atoms with Crippen LogP contribution >= 0.6 is 0 Å². The second-order valence-electron chi connectivity index (χ2n) is 6.63. The smallest absolute Gasteiger partial charge is 0.240 e. The number of carbonyl (C=O) groups excluding carboxylic acids is 1. The number of amides is 1. The monoisotopic (exact) mass is 410 g/mol. The number of anilines is 1. The van der Waals surface area contributed by atoms with Crippen molar-refractivity contribution in [2.45, 2.75) is 25.2 Å². The number of sulfonamides is 1. The number of hydrogen-bond donors (Lipinski definition) is 2. The van der Waals surface area contributed by atoms with Gasteiger partial charge in [-0.1, -0.05) is 42.5 Å². The number of aryl methyl sites for hydroxylation is 2. The van der Waals surface area contributed by atoms with E-state index in [0.717, 1.165) is 11.1 Å². The van der Waals surface area contributed by atoms with Crippen molar-refractivity contribution in [3.05, 3.63) is 72.1 Å². The molecule has 0 bridgehead atoms. The molecule has 0 aliphatic rings. The van der Waals surface area contributed by atoms with Crippen LogP contribution in [0.4, 0.5) is 5.69 Å². The Balaban J connectivity index is 1.54. The molecule has 0 saturated heterocycles. The van der Waals surface area contributed by atoms with E-state index in [1.165, 1.54) is 12.4 Å². The number of nitrogens with one attached hydrogen (secondary N) is 2. The fraction of sp³-hybridized carbons (Fsp3) is 0.190.